The molecule has 0 aliphatic heterocycles. The Hall–Kier alpha value is -1.04. The largest absolute Gasteiger partial charge is 0.0996 e. The lowest BCUT2D eigenvalue weighted by molar-refractivity contribution is 0.481. The van der Waals surface area contributed by atoms with Crippen LogP contribution in [0.4, 0.5) is 0 Å². The van der Waals surface area contributed by atoms with Gasteiger partial charge in [-0.1, -0.05) is 97.6 Å². The summed E-state index contributed by atoms with van der Waals surface area (Å²) in [5, 5.41) is 0. The zero-order valence-corrected chi connectivity index (χ0v) is 19.2. The second kappa shape index (κ2) is 13.2. The van der Waals surface area contributed by atoms with Gasteiger partial charge in [-0.05, 0) is 73.0 Å². The van der Waals surface area contributed by atoms with Crippen molar-refractivity contribution in [3.8, 4) is 0 Å². The summed E-state index contributed by atoms with van der Waals surface area (Å²) in [6.45, 7) is 18.4. The Labute approximate surface area is 170 Å². The van der Waals surface area contributed by atoms with Crippen LogP contribution in [0.1, 0.15) is 116 Å². The molecule has 0 saturated carbocycles. The molecule has 154 valence electrons. The average Bonchev–Trinajstić information content (AvgIpc) is 2.65. The molecule has 0 radical (unpaired) electrons. The van der Waals surface area contributed by atoms with Crippen LogP contribution in [0.15, 0.2) is 30.4 Å². The van der Waals surface area contributed by atoms with Crippen molar-refractivity contribution in [1.29, 1.82) is 0 Å². The molecule has 1 rings (SSSR count). The Kier molecular flexibility index (Phi) is 11.7. The summed E-state index contributed by atoms with van der Waals surface area (Å²) < 4.78 is 0. The van der Waals surface area contributed by atoms with Gasteiger partial charge in [-0.25, -0.2) is 0 Å². The number of hydrogen-bond acceptors (Lipinski definition) is 0. The third-order valence-electron chi connectivity index (χ3n) is 6.29. The first-order valence-corrected chi connectivity index (χ1v) is 11.7. The van der Waals surface area contributed by atoms with E-state index in [1.807, 2.05) is 0 Å². The molecule has 27 heavy (non-hydrogen) atoms. The lowest BCUT2D eigenvalue weighted by atomic mass is 9.81. The van der Waals surface area contributed by atoms with Gasteiger partial charge in [0.1, 0.15) is 0 Å². The van der Waals surface area contributed by atoms with E-state index in [2.05, 4.69) is 66.3 Å². The van der Waals surface area contributed by atoms with E-state index in [1.54, 1.807) is 11.1 Å². The van der Waals surface area contributed by atoms with Crippen LogP contribution in [0, 0.1) is 11.8 Å². The van der Waals surface area contributed by atoms with Crippen LogP contribution < -0.4 is 0 Å². The average molecular weight is 371 g/mol. The topological polar surface area (TPSA) is 0 Å². The maximum atomic E-state index is 4.39. The summed E-state index contributed by atoms with van der Waals surface area (Å²) in [6, 6.07) is 7.34. The van der Waals surface area contributed by atoms with E-state index in [4.69, 9.17) is 0 Å². The molecule has 0 amide bonds. The lowest BCUT2D eigenvalue weighted by Crippen LogP contribution is -2.10. The molecule has 0 fully saturated rings. The molecule has 0 heteroatoms. The maximum Gasteiger partial charge on any atom is -0.0139 e. The van der Waals surface area contributed by atoms with Gasteiger partial charge >= 0.3 is 0 Å². The van der Waals surface area contributed by atoms with E-state index in [9.17, 15) is 0 Å². The van der Waals surface area contributed by atoms with Crippen LogP contribution in [0.25, 0.3) is 0 Å². The minimum absolute atomic E-state index is 0.637. The van der Waals surface area contributed by atoms with Crippen molar-refractivity contribution in [1.82, 2.24) is 0 Å². The Morgan fingerprint density at radius 2 is 1.67 bits per heavy atom. The maximum absolute atomic E-state index is 4.39. The fraction of sp³-hybridized carbons (Fsp3) is 0.704. The number of hydrogen-bond donors (Lipinski definition) is 0. The van der Waals surface area contributed by atoms with Gasteiger partial charge in [0.2, 0.25) is 0 Å². The number of allylic oxidation sites excluding steroid dienone is 1. The molecule has 0 aromatic heterocycles. The molecule has 2 unspecified atom stereocenters. The van der Waals surface area contributed by atoms with Gasteiger partial charge in [-0.2, -0.15) is 0 Å². The van der Waals surface area contributed by atoms with E-state index in [-0.39, 0.29) is 0 Å². The first-order valence-electron chi connectivity index (χ1n) is 11.7. The van der Waals surface area contributed by atoms with Crippen molar-refractivity contribution in [3.05, 3.63) is 47.0 Å². The van der Waals surface area contributed by atoms with Crippen molar-refractivity contribution in [2.24, 2.45) is 11.8 Å². The molecular formula is C27H46. The van der Waals surface area contributed by atoms with Gasteiger partial charge in [0.25, 0.3) is 0 Å². The molecule has 2 atom stereocenters. The highest BCUT2D eigenvalue weighted by Gasteiger charge is 2.18. The quantitative estimate of drug-likeness (QED) is 0.226. The normalized spacial score (nSPS) is 13.7. The standard InChI is InChI=1S/C27H46/c1-8-11-12-13-15-22(6)23(7)16-17-24-18-19-25(14-9-2)27(20-24)26(10-3)21(4)5/h18-21,23,26H,6,8-17H2,1-5,7H3. The van der Waals surface area contributed by atoms with Gasteiger partial charge in [0.05, 0.1) is 0 Å². The summed E-state index contributed by atoms with van der Waals surface area (Å²) in [4.78, 5) is 0. The van der Waals surface area contributed by atoms with Crippen LogP contribution in [0.5, 0.6) is 0 Å². The van der Waals surface area contributed by atoms with Crippen molar-refractivity contribution >= 4 is 0 Å². The predicted molar refractivity (Wildman–Crippen MR) is 124 cm³/mol. The Balaban J connectivity index is 2.73. The number of unbranched alkanes of at least 4 members (excludes halogenated alkanes) is 3. The van der Waals surface area contributed by atoms with Crippen LogP contribution in [-0.4, -0.2) is 0 Å². The first-order chi connectivity index (χ1) is 12.9. The molecule has 0 aliphatic rings. The van der Waals surface area contributed by atoms with Crippen LogP contribution >= 0.6 is 0 Å². The van der Waals surface area contributed by atoms with Crippen molar-refractivity contribution in [2.45, 2.75) is 112 Å². The third-order valence-corrected chi connectivity index (χ3v) is 6.29. The Morgan fingerprint density at radius 1 is 0.926 bits per heavy atom. The second-order valence-corrected chi connectivity index (χ2v) is 8.95. The molecule has 1 aromatic carbocycles. The fourth-order valence-electron chi connectivity index (χ4n) is 4.31. The highest BCUT2D eigenvalue weighted by molar-refractivity contribution is 5.35. The zero-order chi connectivity index (χ0) is 20.2. The van der Waals surface area contributed by atoms with Gasteiger partial charge in [-0.15, -0.1) is 0 Å². The molecule has 0 bridgehead atoms. The molecule has 0 saturated heterocycles. The van der Waals surface area contributed by atoms with Crippen LogP contribution in [0.2, 0.25) is 0 Å². The Morgan fingerprint density at radius 3 is 2.26 bits per heavy atom. The van der Waals surface area contributed by atoms with Crippen molar-refractivity contribution in [3.63, 3.8) is 0 Å². The minimum Gasteiger partial charge on any atom is -0.0996 e. The first kappa shape index (κ1) is 24.0. The highest BCUT2D eigenvalue weighted by Crippen LogP contribution is 2.32. The summed E-state index contributed by atoms with van der Waals surface area (Å²) in [6.07, 6.45) is 12.7. The van der Waals surface area contributed by atoms with Gasteiger partial charge in [0.15, 0.2) is 0 Å². The smallest absolute Gasteiger partial charge is 0.0139 e. The Bertz CT molecular complexity index is 537. The lowest BCUT2D eigenvalue weighted by Gasteiger charge is -2.24. The number of benzene rings is 1. The molecule has 1 aromatic rings. The molecule has 0 nitrogen and oxygen atoms in total. The monoisotopic (exact) mass is 370 g/mol. The van der Waals surface area contributed by atoms with Gasteiger partial charge in [0, 0.05) is 0 Å². The highest BCUT2D eigenvalue weighted by atomic mass is 14.2. The molecule has 0 spiro atoms. The van der Waals surface area contributed by atoms with E-state index < -0.39 is 0 Å². The zero-order valence-electron chi connectivity index (χ0n) is 19.2. The van der Waals surface area contributed by atoms with Gasteiger partial charge in [-0.3, -0.25) is 0 Å². The van der Waals surface area contributed by atoms with E-state index in [0.717, 1.165) is 0 Å². The minimum atomic E-state index is 0.637. The summed E-state index contributed by atoms with van der Waals surface area (Å²) in [7, 11) is 0. The summed E-state index contributed by atoms with van der Waals surface area (Å²) in [5.41, 5.74) is 6.19. The second-order valence-electron chi connectivity index (χ2n) is 8.95. The van der Waals surface area contributed by atoms with Crippen LogP contribution in [-0.2, 0) is 12.8 Å². The summed E-state index contributed by atoms with van der Waals surface area (Å²) in [5.74, 6) is 2.04. The molecule has 0 heterocycles. The fourth-order valence-corrected chi connectivity index (χ4v) is 4.31. The summed E-state index contributed by atoms with van der Waals surface area (Å²) >= 11 is 0. The van der Waals surface area contributed by atoms with E-state index >= 15 is 0 Å². The molecule has 0 aliphatic carbocycles. The molecular weight excluding hydrogens is 324 g/mol. The van der Waals surface area contributed by atoms with E-state index in [1.165, 1.54) is 75.3 Å². The number of rotatable bonds is 14. The van der Waals surface area contributed by atoms with Crippen molar-refractivity contribution < 1.29 is 0 Å². The molecule has 0 N–H and O–H groups in total. The van der Waals surface area contributed by atoms with Crippen molar-refractivity contribution in [2.75, 3.05) is 0 Å². The SMILES string of the molecule is C=C(CCCCCC)C(C)CCc1ccc(CCC)c(C(CC)C(C)C)c1. The third kappa shape index (κ3) is 8.24. The number of aryl methyl sites for hydroxylation is 2. The van der Waals surface area contributed by atoms with E-state index in [0.29, 0.717) is 17.8 Å². The predicted octanol–water partition coefficient (Wildman–Crippen LogP) is 8.88. The van der Waals surface area contributed by atoms with Crippen LogP contribution in [0.3, 0.4) is 0 Å². The van der Waals surface area contributed by atoms with Gasteiger partial charge < -0.3 is 0 Å².